The van der Waals surface area contributed by atoms with Crippen molar-refractivity contribution in [3.63, 3.8) is 0 Å². The molecule has 5 rings (SSSR count). The summed E-state index contributed by atoms with van der Waals surface area (Å²) < 4.78 is 14.6. The molecule has 10 heteroatoms. The van der Waals surface area contributed by atoms with E-state index < -0.39 is 17.4 Å². The predicted octanol–water partition coefficient (Wildman–Crippen LogP) is 3.34. The average molecular weight is 433 g/mol. The molecule has 3 heterocycles. The van der Waals surface area contributed by atoms with Gasteiger partial charge in [0.05, 0.1) is 5.52 Å². The summed E-state index contributed by atoms with van der Waals surface area (Å²) in [7, 11) is 0. The van der Waals surface area contributed by atoms with E-state index in [2.05, 4.69) is 35.6 Å². The van der Waals surface area contributed by atoms with Crippen molar-refractivity contribution in [2.45, 2.75) is 25.4 Å². The molecule has 162 valence electrons. The molecular weight excluding hydrogens is 413 g/mol. The molecule has 2 amide bonds. The third kappa shape index (κ3) is 3.65. The van der Waals surface area contributed by atoms with Gasteiger partial charge in [0.25, 0.3) is 0 Å². The van der Waals surface area contributed by atoms with E-state index in [1.807, 2.05) is 13.0 Å². The molecule has 0 spiro atoms. The molecule has 32 heavy (non-hydrogen) atoms. The molecule has 4 N–H and O–H groups in total. The fourth-order valence-corrected chi connectivity index (χ4v) is 3.48. The molecule has 0 aliphatic heterocycles. The van der Waals surface area contributed by atoms with Gasteiger partial charge in [-0.25, -0.2) is 24.1 Å². The number of halogens is 1. The third-order valence-electron chi connectivity index (χ3n) is 5.29. The second-order valence-corrected chi connectivity index (χ2v) is 7.65. The summed E-state index contributed by atoms with van der Waals surface area (Å²) in [4.78, 5) is 32.2. The van der Waals surface area contributed by atoms with Gasteiger partial charge in [-0.2, -0.15) is 0 Å². The molecule has 9 nitrogen and oxygen atoms in total. The first-order chi connectivity index (χ1) is 15.5. The Kier molecular flexibility index (Phi) is 4.78. The van der Waals surface area contributed by atoms with Crippen LogP contribution in [0.1, 0.15) is 25.6 Å². The topological polar surface area (TPSA) is 129 Å². The first kappa shape index (κ1) is 20.0. The Morgan fingerprint density at radius 2 is 2.00 bits per heavy atom. The van der Waals surface area contributed by atoms with E-state index >= 15 is 0 Å². The van der Waals surface area contributed by atoms with E-state index in [4.69, 9.17) is 0 Å². The maximum atomic E-state index is 14.6. The van der Waals surface area contributed by atoms with E-state index in [-0.39, 0.29) is 11.6 Å². The molecule has 1 aromatic carbocycles. The van der Waals surface area contributed by atoms with E-state index in [1.54, 1.807) is 18.5 Å². The second-order valence-electron chi connectivity index (χ2n) is 7.65. The van der Waals surface area contributed by atoms with Crippen LogP contribution >= 0.6 is 0 Å². The normalized spacial score (nSPS) is 14.3. The Hall–Kier alpha value is -3.92. The predicted molar refractivity (Wildman–Crippen MR) is 116 cm³/mol. The standard InChI is InChI=1S/C22H20FN7O2/c1-2-24-21(31)30-20-28-16-9-12(13-10-26-19(27-11-13)22(32)5-6-22)8-14(18(16)29-20)17-15(23)4-3-7-25-17/h3-4,7-11,32H,2,5-6H2,1H3,(H3,24,28,29,30,31). The molecule has 0 atom stereocenters. The molecule has 0 radical (unpaired) electrons. The second kappa shape index (κ2) is 7.65. The van der Waals surface area contributed by atoms with Crippen molar-refractivity contribution in [3.8, 4) is 22.4 Å². The lowest BCUT2D eigenvalue weighted by molar-refractivity contribution is 0.141. The molecular formula is C22H20FN7O2. The number of aliphatic hydroxyl groups is 1. The van der Waals surface area contributed by atoms with Crippen molar-refractivity contribution in [2.24, 2.45) is 0 Å². The number of H-pyrrole nitrogens is 1. The number of nitrogens with one attached hydrogen (secondary N) is 3. The molecule has 0 unspecified atom stereocenters. The lowest BCUT2D eigenvalue weighted by atomic mass is 10.0. The number of rotatable bonds is 5. The van der Waals surface area contributed by atoms with Crippen LogP contribution in [0, 0.1) is 5.82 Å². The minimum Gasteiger partial charge on any atom is -0.382 e. The van der Waals surface area contributed by atoms with Crippen molar-refractivity contribution < 1.29 is 14.3 Å². The van der Waals surface area contributed by atoms with Crippen LogP contribution in [0.15, 0.2) is 42.9 Å². The highest BCUT2D eigenvalue weighted by Gasteiger charge is 2.45. The number of aromatic amines is 1. The molecule has 0 saturated heterocycles. The molecule has 4 aromatic rings. The van der Waals surface area contributed by atoms with Crippen molar-refractivity contribution in [2.75, 3.05) is 11.9 Å². The molecule has 0 bridgehead atoms. The zero-order chi connectivity index (χ0) is 22.3. The number of fused-ring (bicyclic) bond motifs is 1. The Morgan fingerprint density at radius 1 is 1.22 bits per heavy atom. The van der Waals surface area contributed by atoms with Crippen LogP contribution in [0.25, 0.3) is 33.4 Å². The molecule has 1 saturated carbocycles. The lowest BCUT2D eigenvalue weighted by Gasteiger charge is -2.09. The van der Waals surface area contributed by atoms with Gasteiger partial charge < -0.3 is 15.4 Å². The largest absolute Gasteiger partial charge is 0.382 e. The molecule has 1 fully saturated rings. The van der Waals surface area contributed by atoms with E-state index in [0.717, 1.165) is 0 Å². The van der Waals surface area contributed by atoms with Gasteiger partial charge in [0.15, 0.2) is 5.82 Å². The minimum absolute atomic E-state index is 0.139. The SMILES string of the molecule is CCNC(=O)Nc1nc2c(-c3ncccc3F)cc(-c3cnc(C4(O)CC4)nc3)cc2[nH]1. The zero-order valence-electron chi connectivity index (χ0n) is 17.2. The number of imidazole rings is 1. The van der Waals surface area contributed by atoms with Crippen LogP contribution < -0.4 is 10.6 Å². The summed E-state index contributed by atoms with van der Waals surface area (Å²) in [6.07, 6.45) is 6.06. The van der Waals surface area contributed by atoms with Crippen molar-refractivity contribution in [1.29, 1.82) is 0 Å². The number of nitrogens with zero attached hydrogens (tertiary/aromatic N) is 4. The first-order valence-corrected chi connectivity index (χ1v) is 10.2. The van der Waals surface area contributed by atoms with Crippen LogP contribution in [0.4, 0.5) is 15.1 Å². The Morgan fingerprint density at radius 3 is 2.69 bits per heavy atom. The number of hydrogen-bond acceptors (Lipinski definition) is 6. The summed E-state index contributed by atoms with van der Waals surface area (Å²) >= 11 is 0. The first-order valence-electron chi connectivity index (χ1n) is 10.2. The third-order valence-corrected chi connectivity index (χ3v) is 5.29. The number of pyridine rings is 1. The van der Waals surface area contributed by atoms with Crippen LogP contribution in [-0.2, 0) is 5.60 Å². The fourth-order valence-electron chi connectivity index (χ4n) is 3.48. The molecule has 1 aliphatic rings. The van der Waals surface area contributed by atoms with Gasteiger partial charge in [-0.05, 0) is 49.6 Å². The van der Waals surface area contributed by atoms with Crippen LogP contribution in [0.5, 0.6) is 0 Å². The summed E-state index contributed by atoms with van der Waals surface area (Å²) in [5.41, 5.74) is 2.11. The van der Waals surface area contributed by atoms with E-state index in [9.17, 15) is 14.3 Å². The Labute approximate surface area is 182 Å². The highest BCUT2D eigenvalue weighted by molar-refractivity contribution is 5.98. The summed E-state index contributed by atoms with van der Waals surface area (Å²) in [6.45, 7) is 2.27. The molecule has 3 aromatic heterocycles. The highest BCUT2D eigenvalue weighted by atomic mass is 19.1. The van der Waals surface area contributed by atoms with E-state index in [1.165, 1.54) is 18.3 Å². The van der Waals surface area contributed by atoms with Gasteiger partial charge in [-0.3, -0.25) is 10.3 Å². The van der Waals surface area contributed by atoms with E-state index in [0.29, 0.717) is 52.9 Å². The number of carbonyl (C=O) groups is 1. The van der Waals surface area contributed by atoms with Gasteiger partial charge in [0, 0.05) is 36.3 Å². The maximum Gasteiger partial charge on any atom is 0.321 e. The number of anilines is 1. The fraction of sp³-hybridized carbons (Fsp3) is 0.227. The van der Waals surface area contributed by atoms with Gasteiger partial charge in [0.2, 0.25) is 5.95 Å². The van der Waals surface area contributed by atoms with Crippen LogP contribution in [0.2, 0.25) is 0 Å². The number of carbonyl (C=O) groups excluding carboxylic acids is 1. The highest BCUT2D eigenvalue weighted by Crippen LogP contribution is 2.43. The lowest BCUT2D eigenvalue weighted by Crippen LogP contribution is -2.28. The van der Waals surface area contributed by atoms with Crippen molar-refractivity contribution in [1.82, 2.24) is 30.2 Å². The number of aromatic nitrogens is 5. The van der Waals surface area contributed by atoms with Gasteiger partial charge in [-0.15, -0.1) is 0 Å². The quantitative estimate of drug-likeness (QED) is 0.382. The monoisotopic (exact) mass is 433 g/mol. The Bertz CT molecular complexity index is 1320. The number of amides is 2. The summed E-state index contributed by atoms with van der Waals surface area (Å²) in [6, 6.07) is 6.02. The smallest absolute Gasteiger partial charge is 0.321 e. The number of urea groups is 1. The van der Waals surface area contributed by atoms with Crippen LogP contribution in [0.3, 0.4) is 0 Å². The zero-order valence-corrected chi connectivity index (χ0v) is 17.2. The van der Waals surface area contributed by atoms with Crippen molar-refractivity contribution >= 4 is 23.0 Å². The van der Waals surface area contributed by atoms with Gasteiger partial charge >= 0.3 is 6.03 Å². The number of hydrogen-bond donors (Lipinski definition) is 4. The van der Waals surface area contributed by atoms with Crippen LogP contribution in [-0.4, -0.2) is 42.6 Å². The minimum atomic E-state index is -0.923. The van der Waals surface area contributed by atoms with Gasteiger partial charge in [-0.1, -0.05) is 0 Å². The molecule has 1 aliphatic carbocycles. The Balaban J connectivity index is 1.62. The summed E-state index contributed by atoms with van der Waals surface area (Å²) in [5.74, 6) is 0.131. The maximum absolute atomic E-state index is 14.6. The summed E-state index contributed by atoms with van der Waals surface area (Å²) in [5, 5.41) is 15.5. The van der Waals surface area contributed by atoms with Crippen molar-refractivity contribution in [3.05, 3.63) is 54.5 Å². The number of benzene rings is 1. The average Bonchev–Trinajstić information content (AvgIpc) is 3.41. The van der Waals surface area contributed by atoms with Gasteiger partial charge in [0.1, 0.15) is 22.6 Å².